The van der Waals surface area contributed by atoms with Gasteiger partial charge in [0.1, 0.15) is 18.2 Å². The molecule has 0 aromatic carbocycles. The molecule has 1 fully saturated rings. The second-order valence-corrected chi connectivity index (χ2v) is 6.62. The third-order valence-electron chi connectivity index (χ3n) is 4.32. The molecule has 0 radical (unpaired) electrons. The Morgan fingerprint density at radius 3 is 2.68 bits per heavy atom. The lowest BCUT2D eigenvalue weighted by atomic mass is 9.88. The van der Waals surface area contributed by atoms with E-state index in [1.807, 2.05) is 20.8 Å². The van der Waals surface area contributed by atoms with Gasteiger partial charge in [0.2, 0.25) is 0 Å². The Kier molecular flexibility index (Phi) is 7.87. The quantitative estimate of drug-likeness (QED) is 0.790. The van der Waals surface area contributed by atoms with Crippen molar-refractivity contribution in [3.05, 3.63) is 0 Å². The molecule has 5 nitrogen and oxygen atoms in total. The van der Waals surface area contributed by atoms with Crippen LogP contribution in [0.2, 0.25) is 0 Å². The zero-order valence-electron chi connectivity index (χ0n) is 14.3. The Morgan fingerprint density at radius 1 is 1.41 bits per heavy atom. The van der Waals surface area contributed by atoms with E-state index < -0.39 is 6.04 Å². The predicted molar refractivity (Wildman–Crippen MR) is 85.1 cm³/mol. The number of unbranched alkanes of at least 4 members (excludes halogenated alkanes) is 1. The van der Waals surface area contributed by atoms with E-state index in [0.717, 1.165) is 32.1 Å². The maximum absolute atomic E-state index is 12.0. The molecule has 0 saturated carbocycles. The summed E-state index contributed by atoms with van der Waals surface area (Å²) in [6.07, 6.45) is 4.56. The van der Waals surface area contributed by atoms with Gasteiger partial charge in [-0.2, -0.15) is 0 Å². The Bertz CT molecular complexity index is 370. The van der Waals surface area contributed by atoms with Gasteiger partial charge in [-0.15, -0.1) is 0 Å². The van der Waals surface area contributed by atoms with E-state index in [1.54, 1.807) is 0 Å². The zero-order chi connectivity index (χ0) is 16.7. The average molecular weight is 313 g/mol. The van der Waals surface area contributed by atoms with Crippen LogP contribution in [0.5, 0.6) is 0 Å². The summed E-state index contributed by atoms with van der Waals surface area (Å²) in [6, 6.07) is -0.575. The van der Waals surface area contributed by atoms with Gasteiger partial charge in [-0.1, -0.05) is 33.6 Å². The third kappa shape index (κ3) is 5.59. The standard InChI is InChI=1S/C17H31NO4/c1-5-6-8-13-12(4)21-17(20)14(18)9-7-10-15(13)22-16(19)11(2)3/h11-15H,5-10,18H2,1-4H3/t12-,13-,14-,15-/m0/s1. The van der Waals surface area contributed by atoms with E-state index in [0.29, 0.717) is 6.42 Å². The van der Waals surface area contributed by atoms with Crippen molar-refractivity contribution in [3.8, 4) is 0 Å². The molecule has 0 aromatic rings. The first-order valence-electron chi connectivity index (χ1n) is 8.53. The number of ether oxygens (including phenoxy) is 2. The number of rotatable bonds is 5. The molecule has 1 saturated heterocycles. The van der Waals surface area contributed by atoms with Crippen LogP contribution in [-0.2, 0) is 19.1 Å². The molecule has 4 atom stereocenters. The fraction of sp³-hybridized carbons (Fsp3) is 0.882. The maximum Gasteiger partial charge on any atom is 0.323 e. The van der Waals surface area contributed by atoms with Gasteiger partial charge >= 0.3 is 11.9 Å². The van der Waals surface area contributed by atoms with Crippen LogP contribution in [0.1, 0.15) is 66.2 Å². The molecular formula is C17H31NO4. The first kappa shape index (κ1) is 18.9. The minimum atomic E-state index is -0.575. The minimum Gasteiger partial charge on any atom is -0.462 e. The summed E-state index contributed by atoms with van der Waals surface area (Å²) in [6.45, 7) is 7.67. The molecule has 1 heterocycles. The monoisotopic (exact) mass is 313 g/mol. The van der Waals surface area contributed by atoms with Crippen molar-refractivity contribution in [2.45, 2.75) is 84.5 Å². The van der Waals surface area contributed by atoms with Crippen molar-refractivity contribution in [2.75, 3.05) is 0 Å². The van der Waals surface area contributed by atoms with Crippen LogP contribution in [-0.4, -0.2) is 30.2 Å². The number of carbonyl (C=O) groups excluding carboxylic acids is 2. The molecular weight excluding hydrogens is 282 g/mol. The number of cyclic esters (lactones) is 1. The van der Waals surface area contributed by atoms with Crippen molar-refractivity contribution >= 4 is 11.9 Å². The molecule has 1 rings (SSSR count). The second-order valence-electron chi connectivity index (χ2n) is 6.62. The van der Waals surface area contributed by atoms with Gasteiger partial charge in [0.15, 0.2) is 0 Å². The van der Waals surface area contributed by atoms with E-state index >= 15 is 0 Å². The number of esters is 2. The van der Waals surface area contributed by atoms with E-state index in [4.69, 9.17) is 15.2 Å². The zero-order valence-corrected chi connectivity index (χ0v) is 14.3. The third-order valence-corrected chi connectivity index (χ3v) is 4.32. The molecule has 1 aliphatic heterocycles. The van der Waals surface area contributed by atoms with Crippen molar-refractivity contribution in [3.63, 3.8) is 0 Å². The van der Waals surface area contributed by atoms with E-state index in [2.05, 4.69) is 6.92 Å². The normalized spacial score (nSPS) is 30.2. The largest absolute Gasteiger partial charge is 0.462 e. The minimum absolute atomic E-state index is 0.0388. The maximum atomic E-state index is 12.0. The lowest BCUT2D eigenvalue weighted by molar-refractivity contribution is -0.163. The molecule has 22 heavy (non-hydrogen) atoms. The predicted octanol–water partition coefficient (Wildman–Crippen LogP) is 2.80. The topological polar surface area (TPSA) is 78.6 Å². The Balaban J connectivity index is 2.89. The van der Waals surface area contributed by atoms with Gasteiger partial charge in [0, 0.05) is 5.92 Å². The van der Waals surface area contributed by atoms with Crippen molar-refractivity contribution < 1.29 is 19.1 Å². The lowest BCUT2D eigenvalue weighted by Crippen LogP contribution is -2.39. The Labute approximate surface area is 133 Å². The van der Waals surface area contributed by atoms with E-state index in [9.17, 15) is 9.59 Å². The molecule has 0 bridgehead atoms. The highest BCUT2D eigenvalue weighted by atomic mass is 16.6. The second kappa shape index (κ2) is 9.13. The Morgan fingerprint density at radius 2 is 2.09 bits per heavy atom. The van der Waals surface area contributed by atoms with Gasteiger partial charge in [-0.3, -0.25) is 9.59 Å². The summed E-state index contributed by atoms with van der Waals surface area (Å²) in [4.78, 5) is 23.9. The van der Waals surface area contributed by atoms with Crippen molar-refractivity contribution in [1.29, 1.82) is 0 Å². The lowest BCUT2D eigenvalue weighted by Gasteiger charge is -2.31. The van der Waals surface area contributed by atoms with Crippen LogP contribution in [0.3, 0.4) is 0 Å². The Hall–Kier alpha value is -1.10. The van der Waals surface area contributed by atoms with E-state index in [1.165, 1.54) is 0 Å². The van der Waals surface area contributed by atoms with Crippen molar-refractivity contribution in [1.82, 2.24) is 0 Å². The summed E-state index contributed by atoms with van der Waals surface area (Å²) in [5.74, 6) is -0.644. The summed E-state index contributed by atoms with van der Waals surface area (Å²) in [7, 11) is 0. The van der Waals surface area contributed by atoms with Crippen molar-refractivity contribution in [2.24, 2.45) is 17.6 Å². The summed E-state index contributed by atoms with van der Waals surface area (Å²) >= 11 is 0. The summed E-state index contributed by atoms with van der Waals surface area (Å²) in [5, 5.41) is 0. The highest BCUT2D eigenvalue weighted by molar-refractivity contribution is 5.75. The summed E-state index contributed by atoms with van der Waals surface area (Å²) < 4.78 is 11.2. The number of hydrogen-bond donors (Lipinski definition) is 1. The molecule has 128 valence electrons. The summed E-state index contributed by atoms with van der Waals surface area (Å²) in [5.41, 5.74) is 5.84. The molecule has 0 unspecified atom stereocenters. The molecule has 0 spiro atoms. The first-order valence-corrected chi connectivity index (χ1v) is 8.53. The highest BCUT2D eigenvalue weighted by Crippen LogP contribution is 2.28. The molecule has 1 aliphatic rings. The fourth-order valence-corrected chi connectivity index (χ4v) is 2.82. The van der Waals surface area contributed by atoms with Crippen LogP contribution in [0.15, 0.2) is 0 Å². The SMILES string of the molecule is CCCC[C@H]1[C@H](C)OC(=O)[C@@H](N)CCC[C@@H]1OC(=O)C(C)C. The van der Waals surface area contributed by atoms with Crippen LogP contribution in [0.25, 0.3) is 0 Å². The van der Waals surface area contributed by atoms with E-state index in [-0.39, 0.29) is 36.0 Å². The van der Waals surface area contributed by atoms with Crippen LogP contribution >= 0.6 is 0 Å². The van der Waals surface area contributed by atoms with Crippen LogP contribution < -0.4 is 5.73 Å². The van der Waals surface area contributed by atoms with Gasteiger partial charge in [-0.25, -0.2) is 0 Å². The number of nitrogens with two attached hydrogens (primary N) is 1. The molecule has 0 aromatic heterocycles. The molecule has 5 heteroatoms. The first-order chi connectivity index (χ1) is 10.4. The number of carbonyl (C=O) groups is 2. The molecule has 0 amide bonds. The number of hydrogen-bond acceptors (Lipinski definition) is 5. The fourth-order valence-electron chi connectivity index (χ4n) is 2.82. The van der Waals surface area contributed by atoms with Crippen LogP contribution in [0.4, 0.5) is 0 Å². The molecule has 2 N–H and O–H groups in total. The van der Waals surface area contributed by atoms with Gasteiger partial charge in [0.25, 0.3) is 0 Å². The van der Waals surface area contributed by atoms with Gasteiger partial charge in [-0.05, 0) is 32.6 Å². The van der Waals surface area contributed by atoms with Gasteiger partial charge < -0.3 is 15.2 Å². The highest BCUT2D eigenvalue weighted by Gasteiger charge is 2.34. The molecule has 0 aliphatic carbocycles. The smallest absolute Gasteiger partial charge is 0.323 e. The van der Waals surface area contributed by atoms with Gasteiger partial charge in [0.05, 0.1) is 5.92 Å². The average Bonchev–Trinajstić information content (AvgIpc) is 2.49. The van der Waals surface area contributed by atoms with Crippen LogP contribution in [0, 0.1) is 11.8 Å².